The molecule has 2 aromatic carbocycles. The molecule has 13 heteroatoms. The van der Waals surface area contributed by atoms with Crippen LogP contribution >= 0.6 is 23.2 Å². The van der Waals surface area contributed by atoms with E-state index in [2.05, 4.69) is 10.1 Å². The molecule has 8 nitrogen and oxygen atoms in total. The van der Waals surface area contributed by atoms with Crippen molar-refractivity contribution in [1.82, 2.24) is 23.9 Å². The molecule has 196 valence electrons. The van der Waals surface area contributed by atoms with E-state index >= 15 is 0 Å². The van der Waals surface area contributed by atoms with Crippen molar-refractivity contribution >= 4 is 23.2 Å². The summed E-state index contributed by atoms with van der Waals surface area (Å²) in [5.41, 5.74) is 0.700. The predicted octanol–water partition coefficient (Wildman–Crippen LogP) is 4.54. The van der Waals surface area contributed by atoms with Gasteiger partial charge in [-0.05, 0) is 44.2 Å². The van der Waals surface area contributed by atoms with E-state index in [-0.39, 0.29) is 23.9 Å². The van der Waals surface area contributed by atoms with Crippen LogP contribution in [0.3, 0.4) is 0 Å². The normalized spacial score (nSPS) is 13.6. The Kier molecular flexibility index (Phi) is 7.52. The highest BCUT2D eigenvalue weighted by molar-refractivity contribution is 6.31. The number of hydrogen-bond acceptors (Lipinski definition) is 5. The predicted molar refractivity (Wildman–Crippen MR) is 132 cm³/mol. The third-order valence-corrected chi connectivity index (χ3v) is 6.22. The van der Waals surface area contributed by atoms with Crippen LogP contribution in [0.4, 0.5) is 13.2 Å². The average Bonchev–Trinajstić information content (AvgIpc) is 3.35. The van der Waals surface area contributed by atoms with Crippen molar-refractivity contribution in [3.63, 3.8) is 0 Å². The van der Waals surface area contributed by atoms with Gasteiger partial charge in [-0.15, -0.1) is 5.10 Å². The standard InChI is InChI=1S/C24H22Cl2F3N5O3/c1-13-21(15-6-8-16(25)9-7-15)33(11-19(36)24(27,28)29)23(37)32(13)12-20-30-22(14(2)35)34(31-20)18-5-3-4-17(26)10-18/h3-10,14,19,35-36H,11-12H2,1-2H3. The van der Waals surface area contributed by atoms with Crippen LogP contribution in [-0.4, -0.2) is 46.4 Å². The second-order valence-electron chi connectivity index (χ2n) is 8.43. The number of imidazole rings is 1. The Hall–Kier alpha value is -3.12. The number of rotatable bonds is 7. The minimum atomic E-state index is -4.92. The minimum Gasteiger partial charge on any atom is -0.385 e. The summed E-state index contributed by atoms with van der Waals surface area (Å²) in [7, 11) is 0. The largest absolute Gasteiger partial charge is 0.416 e. The van der Waals surface area contributed by atoms with Crippen molar-refractivity contribution in [3.8, 4) is 16.9 Å². The van der Waals surface area contributed by atoms with Crippen LogP contribution in [0.5, 0.6) is 0 Å². The molecule has 4 aromatic rings. The Morgan fingerprint density at radius 2 is 1.70 bits per heavy atom. The van der Waals surface area contributed by atoms with Gasteiger partial charge in [0.2, 0.25) is 0 Å². The van der Waals surface area contributed by atoms with Gasteiger partial charge in [0.15, 0.2) is 17.8 Å². The summed E-state index contributed by atoms with van der Waals surface area (Å²) in [5.74, 6) is 0.324. The lowest BCUT2D eigenvalue weighted by Crippen LogP contribution is -2.37. The molecular weight excluding hydrogens is 534 g/mol. The summed E-state index contributed by atoms with van der Waals surface area (Å²) in [6.07, 6.45) is -8.70. The summed E-state index contributed by atoms with van der Waals surface area (Å²) >= 11 is 12.0. The van der Waals surface area contributed by atoms with Crippen LogP contribution in [0, 0.1) is 6.92 Å². The molecule has 0 spiro atoms. The van der Waals surface area contributed by atoms with Gasteiger partial charge in [-0.1, -0.05) is 41.4 Å². The van der Waals surface area contributed by atoms with Gasteiger partial charge in [-0.25, -0.2) is 14.5 Å². The summed E-state index contributed by atoms with van der Waals surface area (Å²) < 4.78 is 43.0. The van der Waals surface area contributed by atoms with Crippen LogP contribution < -0.4 is 5.69 Å². The van der Waals surface area contributed by atoms with Gasteiger partial charge < -0.3 is 10.2 Å². The highest BCUT2D eigenvalue weighted by atomic mass is 35.5. The fraction of sp³-hybridized carbons (Fsp3) is 0.292. The highest BCUT2D eigenvalue weighted by Gasteiger charge is 2.39. The molecule has 37 heavy (non-hydrogen) atoms. The molecule has 0 fully saturated rings. The van der Waals surface area contributed by atoms with Crippen molar-refractivity contribution < 1.29 is 23.4 Å². The Bertz CT molecular complexity index is 1480. The number of alkyl halides is 3. The molecule has 2 heterocycles. The van der Waals surface area contributed by atoms with Crippen molar-refractivity contribution in [2.75, 3.05) is 0 Å². The fourth-order valence-electron chi connectivity index (χ4n) is 3.96. The summed E-state index contributed by atoms with van der Waals surface area (Å²) in [4.78, 5) is 17.7. The Labute approximate surface area is 219 Å². The summed E-state index contributed by atoms with van der Waals surface area (Å²) in [5, 5.41) is 25.2. The molecule has 2 N–H and O–H groups in total. The maximum atomic E-state index is 13.4. The average molecular weight is 556 g/mol. The van der Waals surface area contributed by atoms with E-state index < -0.39 is 30.6 Å². The van der Waals surface area contributed by atoms with E-state index in [4.69, 9.17) is 23.2 Å². The summed E-state index contributed by atoms with van der Waals surface area (Å²) in [6.45, 7) is 1.87. The van der Waals surface area contributed by atoms with Crippen LogP contribution in [0.15, 0.2) is 53.3 Å². The van der Waals surface area contributed by atoms with Crippen LogP contribution in [0.1, 0.15) is 30.4 Å². The number of aliphatic hydroxyl groups excluding tert-OH is 2. The minimum absolute atomic E-state index is 0.136. The topological polar surface area (TPSA) is 98.1 Å². The zero-order chi connectivity index (χ0) is 27.1. The Morgan fingerprint density at radius 3 is 2.30 bits per heavy atom. The second kappa shape index (κ2) is 10.3. The van der Waals surface area contributed by atoms with Crippen LogP contribution in [-0.2, 0) is 13.1 Å². The fourth-order valence-corrected chi connectivity index (χ4v) is 4.27. The molecule has 0 aliphatic carbocycles. The van der Waals surface area contributed by atoms with Gasteiger partial charge in [0, 0.05) is 21.3 Å². The van der Waals surface area contributed by atoms with Crippen LogP contribution in [0.2, 0.25) is 10.0 Å². The zero-order valence-electron chi connectivity index (χ0n) is 19.6. The van der Waals surface area contributed by atoms with E-state index in [0.29, 0.717) is 27.0 Å². The molecule has 0 saturated carbocycles. The number of hydrogen-bond donors (Lipinski definition) is 2. The molecule has 0 saturated heterocycles. The number of nitrogens with zero attached hydrogens (tertiary/aromatic N) is 5. The lowest BCUT2D eigenvalue weighted by atomic mass is 10.1. The second-order valence-corrected chi connectivity index (χ2v) is 9.30. The monoisotopic (exact) mass is 555 g/mol. The van der Waals surface area contributed by atoms with Gasteiger partial charge in [-0.3, -0.25) is 9.13 Å². The van der Waals surface area contributed by atoms with Gasteiger partial charge >= 0.3 is 11.9 Å². The zero-order valence-corrected chi connectivity index (χ0v) is 21.1. The first-order valence-electron chi connectivity index (χ1n) is 11.1. The van der Waals surface area contributed by atoms with Crippen LogP contribution in [0.25, 0.3) is 16.9 Å². The molecule has 0 aliphatic heterocycles. The Morgan fingerprint density at radius 1 is 1.03 bits per heavy atom. The molecule has 2 atom stereocenters. The first-order valence-corrected chi connectivity index (χ1v) is 11.8. The molecular formula is C24H22Cl2F3N5O3. The third kappa shape index (κ3) is 5.59. The number of benzene rings is 2. The van der Waals surface area contributed by atoms with E-state index in [0.717, 1.165) is 4.57 Å². The first kappa shape index (κ1) is 26.9. The van der Waals surface area contributed by atoms with Gasteiger partial charge in [-0.2, -0.15) is 13.2 Å². The highest BCUT2D eigenvalue weighted by Crippen LogP contribution is 2.28. The maximum absolute atomic E-state index is 13.4. The molecule has 4 rings (SSSR count). The van der Waals surface area contributed by atoms with Crippen molar-refractivity contribution in [3.05, 3.63) is 86.4 Å². The van der Waals surface area contributed by atoms with Gasteiger partial charge in [0.1, 0.15) is 6.10 Å². The maximum Gasteiger partial charge on any atom is 0.416 e. The molecule has 0 aliphatic rings. The molecule has 0 bridgehead atoms. The van der Waals surface area contributed by atoms with Crippen molar-refractivity contribution in [2.24, 2.45) is 0 Å². The number of aliphatic hydroxyl groups is 2. The quantitative estimate of drug-likeness (QED) is 0.349. The lowest BCUT2D eigenvalue weighted by molar-refractivity contribution is -0.207. The SMILES string of the molecule is Cc1c(-c2ccc(Cl)cc2)n(CC(O)C(F)(F)F)c(=O)n1Cc1nc(C(C)O)n(-c2cccc(Cl)c2)n1. The number of halogens is 5. The third-order valence-electron chi connectivity index (χ3n) is 5.73. The smallest absolute Gasteiger partial charge is 0.385 e. The van der Waals surface area contributed by atoms with Gasteiger partial charge in [0.05, 0.1) is 24.5 Å². The van der Waals surface area contributed by atoms with E-state index in [1.807, 2.05) is 0 Å². The van der Waals surface area contributed by atoms with E-state index in [1.54, 1.807) is 55.5 Å². The molecule has 0 amide bonds. The van der Waals surface area contributed by atoms with Gasteiger partial charge in [0.25, 0.3) is 0 Å². The summed E-state index contributed by atoms with van der Waals surface area (Å²) in [6, 6.07) is 12.9. The lowest BCUT2D eigenvalue weighted by Gasteiger charge is -2.16. The molecule has 2 aromatic heterocycles. The molecule has 0 radical (unpaired) electrons. The first-order chi connectivity index (χ1) is 17.4. The van der Waals surface area contributed by atoms with Crippen molar-refractivity contribution in [2.45, 2.75) is 45.3 Å². The Balaban J connectivity index is 1.82. The number of aromatic nitrogens is 5. The van der Waals surface area contributed by atoms with E-state index in [9.17, 15) is 28.2 Å². The van der Waals surface area contributed by atoms with Crippen molar-refractivity contribution in [1.29, 1.82) is 0 Å². The molecule has 2 unspecified atom stereocenters. The van der Waals surface area contributed by atoms with E-state index in [1.165, 1.54) is 16.2 Å².